The van der Waals surface area contributed by atoms with Gasteiger partial charge in [0.25, 0.3) is 0 Å². The summed E-state index contributed by atoms with van der Waals surface area (Å²) in [5.74, 6) is 0.188. The van der Waals surface area contributed by atoms with Crippen LogP contribution in [0.15, 0.2) is 12.1 Å². The van der Waals surface area contributed by atoms with Gasteiger partial charge in [0.15, 0.2) is 0 Å². The highest BCUT2D eigenvalue weighted by atomic mass is 35.5. The number of rotatable bonds is 2. The third-order valence-corrected chi connectivity index (χ3v) is 3.70. The number of nitrogens with zero attached hydrogens (tertiary/aromatic N) is 2. The van der Waals surface area contributed by atoms with Crippen LogP contribution in [0.4, 0.5) is 0 Å². The fraction of sp³-hybridized carbons (Fsp3) is 0.538. The van der Waals surface area contributed by atoms with Gasteiger partial charge in [-0.3, -0.25) is 4.79 Å². The molecule has 18 heavy (non-hydrogen) atoms. The highest BCUT2D eigenvalue weighted by Crippen LogP contribution is 2.20. The predicted molar refractivity (Wildman–Crippen MR) is 72.8 cm³/mol. The maximum Gasteiger partial charge on any atom is 0.222 e. The number of halogens is 2. The number of amides is 1. The predicted octanol–water partition coefficient (Wildman–Crippen LogP) is 3.68. The topological polar surface area (TPSA) is 33.2 Å². The van der Waals surface area contributed by atoms with Crippen LogP contribution in [0, 0.1) is 0 Å². The number of carbonyl (C=O) groups is 1. The van der Waals surface area contributed by atoms with Crippen molar-refractivity contribution in [1.82, 2.24) is 9.88 Å². The zero-order valence-electron chi connectivity index (χ0n) is 10.2. The van der Waals surface area contributed by atoms with Crippen LogP contribution in [-0.2, 0) is 11.3 Å². The lowest BCUT2D eigenvalue weighted by molar-refractivity contribution is -0.132. The van der Waals surface area contributed by atoms with Crippen LogP contribution in [0.5, 0.6) is 0 Å². The Bertz CT molecular complexity index is 437. The summed E-state index contributed by atoms with van der Waals surface area (Å²) in [5.41, 5.74) is 0.679. The quantitative estimate of drug-likeness (QED) is 0.777. The maximum absolute atomic E-state index is 12.0. The summed E-state index contributed by atoms with van der Waals surface area (Å²) in [4.78, 5) is 18.0. The van der Waals surface area contributed by atoms with Gasteiger partial charge in [-0.2, -0.15) is 0 Å². The minimum atomic E-state index is 0.188. The van der Waals surface area contributed by atoms with E-state index in [4.69, 9.17) is 23.2 Å². The van der Waals surface area contributed by atoms with Crippen molar-refractivity contribution in [3.63, 3.8) is 0 Å². The van der Waals surface area contributed by atoms with Crippen LogP contribution in [0.2, 0.25) is 10.2 Å². The first-order valence-corrected chi connectivity index (χ1v) is 7.01. The summed E-state index contributed by atoms with van der Waals surface area (Å²) in [6.45, 7) is 1.24. The highest BCUT2D eigenvalue weighted by Gasteiger charge is 2.17. The van der Waals surface area contributed by atoms with Gasteiger partial charge in [0.2, 0.25) is 5.91 Å². The molecule has 1 amide bonds. The van der Waals surface area contributed by atoms with E-state index in [0.29, 0.717) is 28.8 Å². The molecular weight excluding hydrogens is 271 g/mol. The highest BCUT2D eigenvalue weighted by molar-refractivity contribution is 6.32. The fourth-order valence-corrected chi connectivity index (χ4v) is 2.46. The van der Waals surface area contributed by atoms with Gasteiger partial charge in [-0.25, -0.2) is 4.98 Å². The Balaban J connectivity index is 2.10. The first-order chi connectivity index (χ1) is 8.66. The van der Waals surface area contributed by atoms with Crippen LogP contribution in [-0.4, -0.2) is 22.3 Å². The molecule has 0 aliphatic carbocycles. The Hall–Kier alpha value is -0.800. The number of carbonyl (C=O) groups excluding carboxylic acids is 1. The second-order valence-electron chi connectivity index (χ2n) is 4.54. The van der Waals surface area contributed by atoms with E-state index in [1.165, 1.54) is 6.42 Å². The van der Waals surface area contributed by atoms with Crippen LogP contribution in [0.25, 0.3) is 0 Å². The Morgan fingerprint density at radius 2 is 1.94 bits per heavy atom. The largest absolute Gasteiger partial charge is 0.337 e. The average Bonchev–Trinajstić information content (AvgIpc) is 2.33. The zero-order valence-corrected chi connectivity index (χ0v) is 11.7. The van der Waals surface area contributed by atoms with E-state index in [1.807, 2.05) is 4.90 Å². The van der Waals surface area contributed by atoms with E-state index < -0.39 is 0 Å². The third-order valence-electron chi connectivity index (χ3n) is 3.15. The van der Waals surface area contributed by atoms with Crippen molar-refractivity contribution >= 4 is 29.1 Å². The van der Waals surface area contributed by atoms with Gasteiger partial charge < -0.3 is 4.90 Å². The molecule has 1 saturated heterocycles. The Labute approximate surface area is 117 Å². The van der Waals surface area contributed by atoms with Gasteiger partial charge in [0, 0.05) is 13.0 Å². The molecule has 0 saturated carbocycles. The zero-order chi connectivity index (χ0) is 13.0. The van der Waals surface area contributed by atoms with Crippen molar-refractivity contribution in [3.05, 3.63) is 28.0 Å². The molecule has 0 bridgehead atoms. The molecule has 1 aromatic rings. The fourth-order valence-electron chi connectivity index (χ4n) is 2.13. The van der Waals surface area contributed by atoms with E-state index in [9.17, 15) is 4.79 Å². The summed E-state index contributed by atoms with van der Waals surface area (Å²) >= 11 is 11.9. The normalized spacial score (nSPS) is 17.4. The second kappa shape index (κ2) is 6.39. The maximum atomic E-state index is 12.0. The van der Waals surface area contributed by atoms with E-state index >= 15 is 0 Å². The summed E-state index contributed by atoms with van der Waals surface area (Å²) < 4.78 is 0. The molecule has 0 atom stereocenters. The second-order valence-corrected chi connectivity index (χ2v) is 5.34. The summed E-state index contributed by atoms with van der Waals surface area (Å²) in [6, 6.07) is 3.38. The first kappa shape index (κ1) is 13.6. The van der Waals surface area contributed by atoms with Crippen LogP contribution < -0.4 is 0 Å². The minimum Gasteiger partial charge on any atom is -0.337 e. The van der Waals surface area contributed by atoms with Crippen molar-refractivity contribution in [1.29, 1.82) is 0 Å². The number of hydrogen-bond acceptors (Lipinski definition) is 2. The molecule has 1 aliphatic heterocycles. The van der Waals surface area contributed by atoms with E-state index in [2.05, 4.69) is 4.98 Å². The Kier molecular flexibility index (Phi) is 4.84. The molecule has 2 heterocycles. The number of pyridine rings is 1. The van der Waals surface area contributed by atoms with Crippen molar-refractivity contribution < 1.29 is 4.79 Å². The van der Waals surface area contributed by atoms with Gasteiger partial charge in [-0.1, -0.05) is 36.0 Å². The molecule has 0 N–H and O–H groups in total. The van der Waals surface area contributed by atoms with Crippen LogP contribution >= 0.6 is 23.2 Å². The minimum absolute atomic E-state index is 0.188. The van der Waals surface area contributed by atoms with Crippen molar-refractivity contribution in [2.75, 3.05) is 6.54 Å². The molecular formula is C13H16Cl2N2O. The van der Waals surface area contributed by atoms with Gasteiger partial charge >= 0.3 is 0 Å². The van der Waals surface area contributed by atoms with Gasteiger partial charge in [0.05, 0.1) is 17.3 Å². The molecule has 2 rings (SSSR count). The van der Waals surface area contributed by atoms with E-state index in [1.54, 1.807) is 12.1 Å². The average molecular weight is 287 g/mol. The third kappa shape index (κ3) is 3.59. The van der Waals surface area contributed by atoms with Crippen molar-refractivity contribution in [2.24, 2.45) is 0 Å². The molecule has 0 radical (unpaired) electrons. The summed E-state index contributed by atoms with van der Waals surface area (Å²) in [6.07, 6.45) is 4.98. The number of likely N-dealkylation sites (tertiary alicyclic amines) is 1. The molecule has 1 aromatic heterocycles. The van der Waals surface area contributed by atoms with Crippen molar-refractivity contribution in [2.45, 2.75) is 38.6 Å². The molecule has 0 unspecified atom stereocenters. The smallest absolute Gasteiger partial charge is 0.222 e. The summed E-state index contributed by atoms with van der Waals surface area (Å²) in [5, 5.41) is 0.975. The van der Waals surface area contributed by atoms with Crippen LogP contribution in [0.1, 0.15) is 37.8 Å². The van der Waals surface area contributed by atoms with Gasteiger partial charge in [-0.15, -0.1) is 0 Å². The van der Waals surface area contributed by atoms with E-state index in [-0.39, 0.29) is 5.91 Å². The molecule has 1 aliphatic rings. The molecule has 5 heteroatoms. The molecule has 1 fully saturated rings. The Morgan fingerprint density at radius 3 is 2.78 bits per heavy atom. The molecule has 0 aromatic carbocycles. The lowest BCUT2D eigenvalue weighted by atomic mass is 10.1. The Morgan fingerprint density at radius 1 is 1.17 bits per heavy atom. The van der Waals surface area contributed by atoms with Gasteiger partial charge in [-0.05, 0) is 25.0 Å². The first-order valence-electron chi connectivity index (χ1n) is 6.25. The SMILES string of the molecule is O=C1CCCCCCN1Cc1nc(Cl)ccc1Cl. The summed E-state index contributed by atoms with van der Waals surface area (Å²) in [7, 11) is 0. The molecule has 98 valence electrons. The monoisotopic (exact) mass is 286 g/mol. The van der Waals surface area contributed by atoms with E-state index in [0.717, 1.165) is 25.8 Å². The number of aromatic nitrogens is 1. The van der Waals surface area contributed by atoms with Gasteiger partial charge in [0.1, 0.15) is 5.15 Å². The van der Waals surface area contributed by atoms with Crippen molar-refractivity contribution in [3.8, 4) is 0 Å². The lowest BCUT2D eigenvalue weighted by Crippen LogP contribution is -2.32. The standard InChI is InChI=1S/C13H16Cl2N2O/c14-10-6-7-12(15)16-11(10)9-17-8-4-2-1-3-5-13(17)18/h6-7H,1-5,8-9H2. The molecule has 3 nitrogen and oxygen atoms in total. The van der Waals surface area contributed by atoms with Crippen LogP contribution in [0.3, 0.4) is 0 Å². The molecule has 0 spiro atoms. The lowest BCUT2D eigenvalue weighted by Gasteiger charge is -2.24. The number of hydrogen-bond donors (Lipinski definition) is 0.